The Kier molecular flexibility index (Phi) is 2.08. The first-order chi connectivity index (χ1) is 6.66. The van der Waals surface area contributed by atoms with E-state index >= 15 is 0 Å². The second-order valence-corrected chi connectivity index (χ2v) is 3.39. The summed E-state index contributed by atoms with van der Waals surface area (Å²) in [6, 6.07) is 4.06. The van der Waals surface area contributed by atoms with E-state index in [1.54, 1.807) is 0 Å². The van der Waals surface area contributed by atoms with E-state index in [9.17, 15) is 0 Å². The Balaban J connectivity index is 2.49. The predicted octanol–water partition coefficient (Wildman–Crippen LogP) is 1.78. The van der Waals surface area contributed by atoms with Crippen LogP contribution >= 0.6 is 0 Å². The van der Waals surface area contributed by atoms with Crippen molar-refractivity contribution in [3.05, 3.63) is 36.2 Å². The smallest absolute Gasteiger partial charge is 0.191 e. The van der Waals surface area contributed by atoms with Gasteiger partial charge >= 0.3 is 0 Å². The maximum atomic E-state index is 5.38. The number of aromatic nitrogens is 2. The standard InChI is InChI=1S/C11H13N2O/c1-8-11(12-9(2)14-8)10-4-6-13(3)7-5-10/h4-7H,1-3H3/q+1. The molecule has 2 rings (SSSR count). The summed E-state index contributed by atoms with van der Waals surface area (Å²) in [4.78, 5) is 4.33. The lowest BCUT2D eigenvalue weighted by Crippen LogP contribution is -2.25. The van der Waals surface area contributed by atoms with Crippen molar-refractivity contribution >= 4 is 0 Å². The molecule has 14 heavy (non-hydrogen) atoms. The van der Waals surface area contributed by atoms with Crippen molar-refractivity contribution in [3.63, 3.8) is 0 Å². The number of rotatable bonds is 1. The molecule has 0 aliphatic rings. The van der Waals surface area contributed by atoms with Crippen LogP contribution in [0.25, 0.3) is 11.3 Å². The highest BCUT2D eigenvalue weighted by atomic mass is 16.4. The monoisotopic (exact) mass is 189 g/mol. The zero-order chi connectivity index (χ0) is 10.1. The van der Waals surface area contributed by atoms with Gasteiger partial charge in [-0.05, 0) is 6.92 Å². The van der Waals surface area contributed by atoms with Crippen molar-refractivity contribution in [2.75, 3.05) is 0 Å². The van der Waals surface area contributed by atoms with E-state index in [1.807, 2.05) is 50.0 Å². The number of hydrogen-bond donors (Lipinski definition) is 0. The number of oxazole rings is 1. The molecule has 0 N–H and O–H groups in total. The van der Waals surface area contributed by atoms with Crippen molar-refractivity contribution in [1.29, 1.82) is 0 Å². The minimum atomic E-state index is 0.714. The lowest BCUT2D eigenvalue weighted by molar-refractivity contribution is -0.671. The van der Waals surface area contributed by atoms with Crippen LogP contribution in [0.1, 0.15) is 11.7 Å². The summed E-state index contributed by atoms with van der Waals surface area (Å²) in [5.41, 5.74) is 2.03. The molecule has 2 aromatic heterocycles. The van der Waals surface area contributed by atoms with Gasteiger partial charge in [0.25, 0.3) is 0 Å². The Morgan fingerprint density at radius 2 is 1.86 bits per heavy atom. The molecule has 0 amide bonds. The van der Waals surface area contributed by atoms with E-state index < -0.39 is 0 Å². The third-order valence-electron chi connectivity index (χ3n) is 2.16. The Hall–Kier alpha value is -1.64. The fraction of sp³-hybridized carbons (Fsp3) is 0.273. The van der Waals surface area contributed by atoms with Crippen LogP contribution in [0.4, 0.5) is 0 Å². The van der Waals surface area contributed by atoms with Crippen LogP contribution in [0.5, 0.6) is 0 Å². The van der Waals surface area contributed by atoms with Crippen molar-refractivity contribution in [1.82, 2.24) is 4.98 Å². The van der Waals surface area contributed by atoms with Gasteiger partial charge in [0, 0.05) is 24.6 Å². The highest BCUT2D eigenvalue weighted by Crippen LogP contribution is 2.21. The second kappa shape index (κ2) is 3.25. The predicted molar refractivity (Wildman–Crippen MR) is 52.6 cm³/mol. The number of hydrogen-bond acceptors (Lipinski definition) is 2. The van der Waals surface area contributed by atoms with Crippen molar-refractivity contribution in [2.24, 2.45) is 7.05 Å². The highest BCUT2D eigenvalue weighted by Gasteiger charge is 2.09. The molecule has 0 unspecified atom stereocenters. The quantitative estimate of drug-likeness (QED) is 0.640. The molecule has 0 radical (unpaired) electrons. The molecule has 2 heterocycles. The molecule has 72 valence electrons. The average molecular weight is 189 g/mol. The summed E-state index contributed by atoms with van der Waals surface area (Å²) >= 11 is 0. The number of aryl methyl sites for hydroxylation is 3. The first-order valence-electron chi connectivity index (χ1n) is 4.56. The van der Waals surface area contributed by atoms with E-state index in [2.05, 4.69) is 4.98 Å². The largest absolute Gasteiger partial charge is 0.446 e. The van der Waals surface area contributed by atoms with Gasteiger partial charge < -0.3 is 4.42 Å². The second-order valence-electron chi connectivity index (χ2n) is 3.39. The van der Waals surface area contributed by atoms with E-state index in [0.29, 0.717) is 5.89 Å². The Labute approximate surface area is 83.0 Å². The lowest BCUT2D eigenvalue weighted by Gasteiger charge is -1.94. The molecule has 0 bridgehead atoms. The number of pyridine rings is 1. The minimum absolute atomic E-state index is 0.714. The summed E-state index contributed by atoms with van der Waals surface area (Å²) in [6.07, 6.45) is 4.00. The zero-order valence-electron chi connectivity index (χ0n) is 8.61. The van der Waals surface area contributed by atoms with E-state index in [0.717, 1.165) is 17.0 Å². The summed E-state index contributed by atoms with van der Waals surface area (Å²) in [7, 11) is 1.99. The van der Waals surface area contributed by atoms with Gasteiger partial charge in [-0.25, -0.2) is 9.55 Å². The van der Waals surface area contributed by atoms with Crippen LogP contribution in [-0.4, -0.2) is 4.98 Å². The van der Waals surface area contributed by atoms with Gasteiger partial charge in [0.1, 0.15) is 18.5 Å². The van der Waals surface area contributed by atoms with Crippen LogP contribution in [0.2, 0.25) is 0 Å². The van der Waals surface area contributed by atoms with E-state index in [-0.39, 0.29) is 0 Å². The topological polar surface area (TPSA) is 29.9 Å². The summed E-state index contributed by atoms with van der Waals surface area (Å²) in [5, 5.41) is 0. The lowest BCUT2D eigenvalue weighted by atomic mass is 10.2. The maximum absolute atomic E-state index is 5.38. The SMILES string of the molecule is Cc1nc(-c2cc[n+](C)cc2)c(C)o1. The van der Waals surface area contributed by atoms with E-state index in [4.69, 9.17) is 4.42 Å². The molecular formula is C11H13N2O+. The van der Waals surface area contributed by atoms with Crippen LogP contribution in [0, 0.1) is 13.8 Å². The summed E-state index contributed by atoms with van der Waals surface area (Å²) < 4.78 is 7.37. The van der Waals surface area contributed by atoms with Crippen molar-refractivity contribution < 1.29 is 8.98 Å². The van der Waals surface area contributed by atoms with Gasteiger partial charge in [0.15, 0.2) is 18.3 Å². The fourth-order valence-corrected chi connectivity index (χ4v) is 1.46. The fourth-order valence-electron chi connectivity index (χ4n) is 1.46. The zero-order valence-corrected chi connectivity index (χ0v) is 8.61. The van der Waals surface area contributed by atoms with Gasteiger partial charge in [-0.3, -0.25) is 0 Å². The Morgan fingerprint density at radius 3 is 2.36 bits per heavy atom. The maximum Gasteiger partial charge on any atom is 0.191 e. The van der Waals surface area contributed by atoms with E-state index in [1.165, 1.54) is 0 Å². The highest BCUT2D eigenvalue weighted by molar-refractivity contribution is 5.59. The first-order valence-corrected chi connectivity index (χ1v) is 4.56. The molecule has 0 spiro atoms. The van der Waals surface area contributed by atoms with Gasteiger partial charge in [-0.15, -0.1) is 0 Å². The average Bonchev–Trinajstić information content (AvgIpc) is 2.47. The summed E-state index contributed by atoms with van der Waals surface area (Å²) in [5.74, 6) is 1.59. The molecule has 3 nitrogen and oxygen atoms in total. The molecule has 3 heteroatoms. The molecular weight excluding hydrogens is 176 g/mol. The molecule has 0 aromatic carbocycles. The van der Waals surface area contributed by atoms with Gasteiger partial charge in [0.05, 0.1) is 0 Å². The third-order valence-corrected chi connectivity index (χ3v) is 2.16. The third kappa shape index (κ3) is 1.53. The number of nitrogens with zero attached hydrogens (tertiary/aromatic N) is 2. The van der Waals surface area contributed by atoms with Crippen molar-refractivity contribution in [2.45, 2.75) is 13.8 Å². The summed E-state index contributed by atoms with van der Waals surface area (Å²) in [6.45, 7) is 3.79. The van der Waals surface area contributed by atoms with Gasteiger partial charge in [-0.1, -0.05) is 0 Å². The first kappa shape index (κ1) is 8.94. The molecule has 0 saturated carbocycles. The van der Waals surface area contributed by atoms with Crippen LogP contribution < -0.4 is 4.57 Å². The van der Waals surface area contributed by atoms with Crippen LogP contribution in [0.15, 0.2) is 28.9 Å². The van der Waals surface area contributed by atoms with Gasteiger partial charge in [-0.2, -0.15) is 0 Å². The van der Waals surface area contributed by atoms with Crippen LogP contribution in [-0.2, 0) is 7.05 Å². The Bertz CT molecular complexity index is 443. The molecule has 0 aliphatic heterocycles. The molecule has 0 atom stereocenters. The molecule has 0 fully saturated rings. The molecule has 0 aliphatic carbocycles. The van der Waals surface area contributed by atoms with Gasteiger partial charge in [0.2, 0.25) is 0 Å². The Morgan fingerprint density at radius 1 is 1.21 bits per heavy atom. The van der Waals surface area contributed by atoms with Crippen LogP contribution in [0.3, 0.4) is 0 Å². The van der Waals surface area contributed by atoms with Crippen molar-refractivity contribution in [3.8, 4) is 11.3 Å². The molecule has 2 aromatic rings. The normalized spacial score (nSPS) is 10.5. The molecule has 0 saturated heterocycles. The minimum Gasteiger partial charge on any atom is -0.446 e.